The third kappa shape index (κ3) is 5.13. The van der Waals surface area contributed by atoms with Crippen molar-refractivity contribution in [3.8, 4) is 0 Å². The number of fused-ring (bicyclic) bond motifs is 2. The molecule has 3 aliphatic rings. The molecule has 0 radical (unpaired) electrons. The summed E-state index contributed by atoms with van der Waals surface area (Å²) in [5.74, 6) is 0.121. The molecule has 1 N–H and O–H groups in total. The van der Waals surface area contributed by atoms with Crippen molar-refractivity contribution >= 4 is 40.4 Å². The summed E-state index contributed by atoms with van der Waals surface area (Å²) < 4.78 is 0. The zero-order valence-electron chi connectivity index (χ0n) is 19.7. The van der Waals surface area contributed by atoms with Crippen LogP contribution in [0.3, 0.4) is 0 Å². The van der Waals surface area contributed by atoms with E-state index in [0.29, 0.717) is 17.0 Å². The smallest absolute Gasteiger partial charge is 0.171 e. The van der Waals surface area contributed by atoms with E-state index in [1.165, 1.54) is 23.4 Å². The van der Waals surface area contributed by atoms with Gasteiger partial charge in [0.05, 0.1) is 17.0 Å². The lowest BCUT2D eigenvalue weighted by molar-refractivity contribution is -0.114. The third-order valence-electron chi connectivity index (χ3n) is 6.36. The fourth-order valence-corrected chi connectivity index (χ4v) is 6.13. The lowest BCUT2D eigenvalue weighted by Gasteiger charge is -2.42. The van der Waals surface area contributed by atoms with Crippen molar-refractivity contribution < 1.29 is 4.79 Å². The van der Waals surface area contributed by atoms with Gasteiger partial charge in [0.15, 0.2) is 5.78 Å². The highest BCUT2D eigenvalue weighted by molar-refractivity contribution is 8.03. The average Bonchev–Trinajstić information content (AvgIpc) is 3.24. The van der Waals surface area contributed by atoms with Crippen LogP contribution in [0.15, 0.2) is 51.4 Å². The molecule has 172 valence electrons. The summed E-state index contributed by atoms with van der Waals surface area (Å²) in [5, 5.41) is 3.41. The first-order valence-corrected chi connectivity index (χ1v) is 13.0. The number of carbonyl (C=O) groups is 1. The summed E-state index contributed by atoms with van der Waals surface area (Å²) >= 11 is 7.59. The molecule has 2 aliphatic heterocycles. The van der Waals surface area contributed by atoms with E-state index in [2.05, 4.69) is 73.2 Å². The number of Topliss-reactive ketones (excluding diaryl/α,β-unsaturated/α-hetero) is 1. The number of rotatable bonds is 6. The number of anilines is 1. The van der Waals surface area contributed by atoms with Gasteiger partial charge in [-0.2, -0.15) is 0 Å². The first kappa shape index (κ1) is 23.5. The number of likely N-dealkylation sites (tertiary alicyclic amines) is 1. The monoisotopic (exact) mass is 469 g/mol. The van der Waals surface area contributed by atoms with Crippen molar-refractivity contribution in [1.82, 2.24) is 10.2 Å². The van der Waals surface area contributed by atoms with Gasteiger partial charge < -0.3 is 15.1 Å². The normalized spacial score (nSPS) is 20.1. The van der Waals surface area contributed by atoms with Gasteiger partial charge in [0, 0.05) is 35.4 Å². The minimum Gasteiger partial charge on any atom is -0.376 e. The SMILES string of the molecule is CC(CN1CCCC1)N1C2=C(C(=S)NCCC(C)(C)C)C(=O)CC=C2Sc2ccccc21. The molecule has 0 bridgehead atoms. The van der Waals surface area contributed by atoms with Crippen molar-refractivity contribution in [3.05, 3.63) is 46.5 Å². The molecule has 4 rings (SSSR count). The highest BCUT2D eigenvalue weighted by Crippen LogP contribution is 2.49. The molecule has 0 saturated carbocycles. The molecule has 6 heteroatoms. The largest absolute Gasteiger partial charge is 0.376 e. The number of allylic oxidation sites excluding steroid dienone is 1. The number of nitrogens with zero attached hydrogens (tertiary/aromatic N) is 2. The molecule has 1 unspecified atom stereocenters. The Balaban J connectivity index is 1.71. The van der Waals surface area contributed by atoms with Gasteiger partial charge in [0.25, 0.3) is 0 Å². The molecule has 1 aromatic carbocycles. The first-order valence-electron chi connectivity index (χ1n) is 11.8. The molecule has 2 heterocycles. The molecule has 4 nitrogen and oxygen atoms in total. The highest BCUT2D eigenvalue weighted by atomic mass is 32.2. The Morgan fingerprint density at radius 3 is 2.66 bits per heavy atom. The number of benzene rings is 1. The summed E-state index contributed by atoms with van der Waals surface area (Å²) in [5.41, 5.74) is 3.10. The molecule has 32 heavy (non-hydrogen) atoms. The van der Waals surface area contributed by atoms with E-state index in [-0.39, 0.29) is 17.2 Å². The van der Waals surface area contributed by atoms with Crippen molar-refractivity contribution in [3.63, 3.8) is 0 Å². The Hall–Kier alpha value is -1.63. The maximum atomic E-state index is 13.2. The predicted molar refractivity (Wildman–Crippen MR) is 139 cm³/mol. The van der Waals surface area contributed by atoms with Crippen LogP contribution in [-0.4, -0.2) is 47.9 Å². The summed E-state index contributed by atoms with van der Waals surface area (Å²) in [4.78, 5) is 21.1. The van der Waals surface area contributed by atoms with Crippen LogP contribution in [0.5, 0.6) is 0 Å². The van der Waals surface area contributed by atoms with Gasteiger partial charge in [-0.05, 0) is 56.8 Å². The predicted octanol–water partition coefficient (Wildman–Crippen LogP) is 5.55. The molecule has 1 aliphatic carbocycles. The number of carbonyl (C=O) groups excluding carboxylic acids is 1. The van der Waals surface area contributed by atoms with Crippen molar-refractivity contribution in [1.29, 1.82) is 0 Å². The van der Waals surface area contributed by atoms with Crippen LogP contribution in [0.2, 0.25) is 0 Å². The van der Waals surface area contributed by atoms with E-state index in [9.17, 15) is 4.79 Å². The molecule has 1 saturated heterocycles. The van der Waals surface area contributed by atoms with Gasteiger partial charge in [-0.3, -0.25) is 4.79 Å². The molecule has 0 amide bonds. The molecule has 1 atom stereocenters. The van der Waals surface area contributed by atoms with E-state index in [4.69, 9.17) is 12.2 Å². The number of nitrogens with one attached hydrogen (secondary N) is 1. The molecule has 0 aromatic heterocycles. The van der Waals surface area contributed by atoms with E-state index in [1.54, 1.807) is 11.8 Å². The second kappa shape index (κ2) is 9.70. The summed E-state index contributed by atoms with van der Waals surface area (Å²) in [7, 11) is 0. The van der Waals surface area contributed by atoms with Gasteiger partial charge in [-0.15, -0.1) is 0 Å². The maximum Gasteiger partial charge on any atom is 0.171 e. The van der Waals surface area contributed by atoms with Crippen LogP contribution in [0.25, 0.3) is 0 Å². The lowest BCUT2D eigenvalue weighted by Crippen LogP contribution is -2.45. The average molecular weight is 470 g/mol. The van der Waals surface area contributed by atoms with Crippen molar-refractivity contribution in [2.45, 2.75) is 64.3 Å². The molecular formula is C26H35N3OS2. The fourth-order valence-electron chi connectivity index (χ4n) is 4.70. The van der Waals surface area contributed by atoms with Gasteiger partial charge in [0.2, 0.25) is 0 Å². The first-order chi connectivity index (χ1) is 15.2. The van der Waals surface area contributed by atoms with Crippen LogP contribution in [0.4, 0.5) is 5.69 Å². The van der Waals surface area contributed by atoms with E-state index in [0.717, 1.165) is 43.2 Å². The number of ketones is 1. The summed E-state index contributed by atoms with van der Waals surface area (Å²) in [6.07, 6.45) is 6.06. The highest BCUT2D eigenvalue weighted by Gasteiger charge is 2.37. The van der Waals surface area contributed by atoms with Crippen LogP contribution in [0.1, 0.15) is 53.4 Å². The number of hydrogen-bond acceptors (Lipinski definition) is 5. The van der Waals surface area contributed by atoms with E-state index >= 15 is 0 Å². The fraction of sp³-hybridized carbons (Fsp3) is 0.538. The third-order valence-corrected chi connectivity index (χ3v) is 7.85. The number of para-hydroxylation sites is 1. The standard InChI is InChI=1S/C26H35N3OS2/c1-18(17-28-15-7-8-16-28)29-19-9-5-6-10-21(19)32-22-12-11-20(30)23(24(22)29)25(31)27-14-13-26(2,3)4/h5-6,9-10,12,18H,7-8,11,13-17H2,1-4H3,(H,27,31). The summed E-state index contributed by atoms with van der Waals surface area (Å²) in [6.45, 7) is 13.0. The molecular weight excluding hydrogens is 434 g/mol. The van der Waals surface area contributed by atoms with Gasteiger partial charge in [-0.25, -0.2) is 0 Å². The van der Waals surface area contributed by atoms with Gasteiger partial charge in [-0.1, -0.05) is 63.0 Å². The zero-order valence-corrected chi connectivity index (χ0v) is 21.4. The van der Waals surface area contributed by atoms with E-state index < -0.39 is 0 Å². The van der Waals surface area contributed by atoms with Crippen molar-refractivity contribution in [2.75, 3.05) is 31.1 Å². The van der Waals surface area contributed by atoms with Gasteiger partial charge >= 0.3 is 0 Å². The van der Waals surface area contributed by atoms with Crippen LogP contribution in [-0.2, 0) is 4.79 Å². The second-order valence-electron chi connectivity index (χ2n) is 10.3. The lowest BCUT2D eigenvalue weighted by atomic mass is 9.92. The van der Waals surface area contributed by atoms with Crippen LogP contribution < -0.4 is 10.2 Å². The quantitative estimate of drug-likeness (QED) is 0.551. The zero-order chi connectivity index (χ0) is 22.9. The van der Waals surface area contributed by atoms with Crippen LogP contribution in [0, 0.1) is 5.41 Å². The molecule has 1 fully saturated rings. The van der Waals surface area contributed by atoms with Crippen LogP contribution >= 0.6 is 24.0 Å². The Bertz CT molecular complexity index is 954. The van der Waals surface area contributed by atoms with E-state index in [1.807, 2.05) is 0 Å². The minimum atomic E-state index is 0.121. The molecule has 1 aromatic rings. The maximum absolute atomic E-state index is 13.2. The molecule has 0 spiro atoms. The van der Waals surface area contributed by atoms with Gasteiger partial charge in [0.1, 0.15) is 4.99 Å². The Kier molecular flexibility index (Phi) is 7.13. The number of hydrogen-bond donors (Lipinski definition) is 1. The number of thiocarbonyl (C=S) groups is 1. The minimum absolute atomic E-state index is 0.121. The number of thioether (sulfide) groups is 1. The van der Waals surface area contributed by atoms with Crippen molar-refractivity contribution in [2.24, 2.45) is 5.41 Å². The summed E-state index contributed by atoms with van der Waals surface area (Å²) in [6, 6.07) is 8.79. The Morgan fingerprint density at radius 2 is 1.94 bits per heavy atom. The topological polar surface area (TPSA) is 35.6 Å². The Morgan fingerprint density at radius 1 is 1.22 bits per heavy atom. The Labute approximate surface area is 202 Å². The second-order valence-corrected chi connectivity index (χ2v) is 11.8.